The van der Waals surface area contributed by atoms with Crippen LogP contribution in [0.4, 0.5) is 10.9 Å². The highest BCUT2D eigenvalue weighted by Gasteiger charge is 2.13. The predicted molar refractivity (Wildman–Crippen MR) is 94.4 cm³/mol. The molecule has 1 N–H and O–H groups in total. The summed E-state index contributed by atoms with van der Waals surface area (Å²) >= 11 is 1.42. The van der Waals surface area contributed by atoms with Crippen molar-refractivity contribution in [3.8, 4) is 10.4 Å². The lowest BCUT2D eigenvalue weighted by Crippen LogP contribution is -2.13. The fraction of sp³-hybridized carbons (Fsp3) is 0.188. The zero-order valence-electron chi connectivity index (χ0n) is 13.4. The predicted octanol–water partition coefficient (Wildman–Crippen LogP) is 3.25. The van der Waals surface area contributed by atoms with E-state index < -0.39 is 4.92 Å². The largest absolute Gasteiger partial charge is 0.381 e. The maximum Gasteiger partial charge on any atom is 0.381 e. The molecule has 2 aromatic heterocycles. The van der Waals surface area contributed by atoms with Crippen LogP contribution in [0.25, 0.3) is 10.4 Å². The first-order valence-corrected chi connectivity index (χ1v) is 8.33. The molecule has 8 nitrogen and oxygen atoms in total. The summed E-state index contributed by atoms with van der Waals surface area (Å²) in [5.74, 6) is -0.437. The molecular formula is C16H15N5O3S. The van der Waals surface area contributed by atoms with E-state index >= 15 is 0 Å². The summed E-state index contributed by atoms with van der Waals surface area (Å²) in [6.45, 7) is 2.21. The second kappa shape index (κ2) is 7.22. The van der Waals surface area contributed by atoms with Crippen molar-refractivity contribution in [2.45, 2.75) is 19.9 Å². The molecule has 0 radical (unpaired) electrons. The summed E-state index contributed by atoms with van der Waals surface area (Å²) in [7, 11) is 0. The first-order valence-electron chi connectivity index (χ1n) is 7.52. The normalized spacial score (nSPS) is 10.6. The minimum absolute atomic E-state index is 0.173. The lowest BCUT2D eigenvalue weighted by molar-refractivity contribution is -0.389. The van der Waals surface area contributed by atoms with Crippen molar-refractivity contribution < 1.29 is 9.72 Å². The number of thiazole rings is 1. The molecule has 0 bridgehead atoms. The van der Waals surface area contributed by atoms with Crippen LogP contribution in [0.1, 0.15) is 12.1 Å². The fourth-order valence-electron chi connectivity index (χ4n) is 2.28. The van der Waals surface area contributed by atoms with E-state index in [9.17, 15) is 14.9 Å². The third-order valence-corrected chi connectivity index (χ3v) is 4.60. The van der Waals surface area contributed by atoms with Gasteiger partial charge < -0.3 is 20.0 Å². The van der Waals surface area contributed by atoms with Crippen LogP contribution in [0, 0.1) is 17.0 Å². The van der Waals surface area contributed by atoms with Gasteiger partial charge in [-0.3, -0.25) is 4.79 Å². The van der Waals surface area contributed by atoms with E-state index in [-0.39, 0.29) is 18.1 Å². The molecule has 0 aliphatic rings. The molecule has 3 aromatic rings. The zero-order valence-corrected chi connectivity index (χ0v) is 14.2. The quantitative estimate of drug-likeness (QED) is 0.539. The van der Waals surface area contributed by atoms with Crippen LogP contribution in [0.5, 0.6) is 0 Å². The number of carbonyl (C=O) groups excluding carboxylic acids is 1. The van der Waals surface area contributed by atoms with E-state index in [1.54, 1.807) is 0 Å². The van der Waals surface area contributed by atoms with E-state index in [1.165, 1.54) is 28.4 Å². The molecule has 1 amide bonds. The molecule has 1 aromatic carbocycles. The van der Waals surface area contributed by atoms with Crippen molar-refractivity contribution in [3.63, 3.8) is 0 Å². The van der Waals surface area contributed by atoms with Crippen molar-refractivity contribution >= 4 is 28.2 Å². The van der Waals surface area contributed by atoms with Gasteiger partial charge in [0.05, 0.1) is 10.6 Å². The van der Waals surface area contributed by atoms with Crippen LogP contribution >= 0.6 is 11.3 Å². The Morgan fingerprint density at radius 3 is 2.80 bits per heavy atom. The van der Waals surface area contributed by atoms with Crippen LogP contribution < -0.4 is 5.32 Å². The molecule has 0 saturated carbocycles. The number of carbonyl (C=O) groups is 1. The van der Waals surface area contributed by atoms with Gasteiger partial charge in [0.15, 0.2) is 5.13 Å². The average Bonchev–Trinajstić information content (AvgIpc) is 3.20. The fourth-order valence-corrected chi connectivity index (χ4v) is 3.27. The van der Waals surface area contributed by atoms with Crippen molar-refractivity contribution in [1.29, 1.82) is 0 Å². The summed E-state index contributed by atoms with van der Waals surface area (Å²) in [5, 5.41) is 13.9. The van der Waals surface area contributed by atoms with Crippen molar-refractivity contribution in [2.75, 3.05) is 5.32 Å². The monoisotopic (exact) mass is 357 g/mol. The number of aromatic nitrogens is 3. The standard InChI is InChI=1S/C16H15N5O3S/c1-11-15(12-5-3-2-4-6-12)25-16(18-11)19-14(22)7-8-20-9-13(17-10-20)21(23)24/h2-6,9-10H,7-8H2,1H3,(H,18,19,22). The molecule has 0 aliphatic carbocycles. The van der Waals surface area contributed by atoms with Gasteiger partial charge >= 0.3 is 5.82 Å². The van der Waals surface area contributed by atoms with Crippen molar-refractivity contribution in [3.05, 3.63) is 58.7 Å². The number of benzene rings is 1. The molecule has 0 saturated heterocycles. The van der Waals surface area contributed by atoms with Gasteiger partial charge in [-0.1, -0.05) is 41.7 Å². The highest BCUT2D eigenvalue weighted by atomic mass is 32.1. The van der Waals surface area contributed by atoms with E-state index in [0.29, 0.717) is 11.7 Å². The molecule has 0 unspecified atom stereocenters. The van der Waals surface area contributed by atoms with Crippen LogP contribution in [-0.2, 0) is 11.3 Å². The Bertz CT molecular complexity index is 904. The number of aryl methyl sites for hydroxylation is 2. The maximum absolute atomic E-state index is 12.1. The van der Waals surface area contributed by atoms with Crippen LogP contribution in [0.15, 0.2) is 42.9 Å². The van der Waals surface area contributed by atoms with Gasteiger partial charge in [0, 0.05) is 13.0 Å². The Kier molecular flexibility index (Phi) is 4.85. The first kappa shape index (κ1) is 16.8. The minimum Gasteiger partial charge on any atom is -0.358 e. The second-order valence-corrected chi connectivity index (χ2v) is 6.32. The summed E-state index contributed by atoms with van der Waals surface area (Å²) in [5.41, 5.74) is 1.92. The molecular weight excluding hydrogens is 342 g/mol. The lowest BCUT2D eigenvalue weighted by Gasteiger charge is -2.01. The molecule has 3 rings (SSSR count). The van der Waals surface area contributed by atoms with Gasteiger partial charge in [-0.25, -0.2) is 4.98 Å². The molecule has 128 valence electrons. The number of anilines is 1. The molecule has 0 fully saturated rings. The van der Waals surface area contributed by atoms with Gasteiger partial charge in [0.25, 0.3) is 0 Å². The Labute approximate surface area is 147 Å². The lowest BCUT2D eigenvalue weighted by atomic mass is 10.2. The van der Waals surface area contributed by atoms with Crippen LogP contribution in [-0.4, -0.2) is 25.4 Å². The number of nitrogens with zero attached hydrogens (tertiary/aromatic N) is 4. The molecule has 0 atom stereocenters. The van der Waals surface area contributed by atoms with Crippen molar-refractivity contribution in [1.82, 2.24) is 14.5 Å². The summed E-state index contributed by atoms with van der Waals surface area (Å²) in [6, 6.07) is 9.85. The Morgan fingerprint density at radius 2 is 2.12 bits per heavy atom. The number of imidazole rings is 1. The number of amides is 1. The smallest absolute Gasteiger partial charge is 0.358 e. The van der Waals surface area contributed by atoms with Gasteiger partial charge in [0.1, 0.15) is 6.20 Å². The van der Waals surface area contributed by atoms with Crippen molar-refractivity contribution in [2.24, 2.45) is 0 Å². The van der Waals surface area contributed by atoms with Gasteiger partial charge in [0.2, 0.25) is 12.2 Å². The summed E-state index contributed by atoms with van der Waals surface area (Å²) in [6.07, 6.45) is 2.81. The van der Waals surface area contributed by atoms with Gasteiger partial charge in [-0.15, -0.1) is 0 Å². The third-order valence-electron chi connectivity index (χ3n) is 3.48. The molecule has 0 aliphatic heterocycles. The van der Waals surface area contributed by atoms with E-state index in [1.807, 2.05) is 37.3 Å². The van der Waals surface area contributed by atoms with Crippen LogP contribution in [0.2, 0.25) is 0 Å². The Morgan fingerprint density at radius 1 is 1.36 bits per heavy atom. The topological polar surface area (TPSA) is 103 Å². The Hall–Kier alpha value is -3.07. The highest BCUT2D eigenvalue weighted by molar-refractivity contribution is 7.19. The number of rotatable bonds is 6. The number of nitro groups is 1. The second-order valence-electron chi connectivity index (χ2n) is 5.32. The number of nitrogens with one attached hydrogen (secondary N) is 1. The SMILES string of the molecule is Cc1nc(NC(=O)CCn2cnc([N+](=O)[O-])c2)sc1-c1ccccc1. The summed E-state index contributed by atoms with van der Waals surface area (Å²) in [4.78, 5) is 31.1. The molecule has 25 heavy (non-hydrogen) atoms. The number of hydrogen-bond acceptors (Lipinski definition) is 6. The Balaban J connectivity index is 1.60. The van der Waals surface area contributed by atoms with E-state index in [0.717, 1.165) is 16.1 Å². The molecule has 9 heteroatoms. The molecule has 0 spiro atoms. The van der Waals surface area contributed by atoms with Gasteiger partial charge in [-0.05, 0) is 22.4 Å². The molecule has 2 heterocycles. The first-order chi connectivity index (χ1) is 12.0. The maximum atomic E-state index is 12.1. The minimum atomic E-state index is -0.569. The van der Waals surface area contributed by atoms with Gasteiger partial charge in [-0.2, -0.15) is 0 Å². The summed E-state index contributed by atoms with van der Waals surface area (Å²) < 4.78 is 1.51. The van der Waals surface area contributed by atoms with E-state index in [2.05, 4.69) is 15.3 Å². The number of hydrogen-bond donors (Lipinski definition) is 1. The van der Waals surface area contributed by atoms with E-state index in [4.69, 9.17) is 0 Å². The average molecular weight is 357 g/mol. The highest BCUT2D eigenvalue weighted by Crippen LogP contribution is 2.32. The van der Waals surface area contributed by atoms with Crippen LogP contribution in [0.3, 0.4) is 0 Å². The third kappa shape index (κ3) is 4.07. The zero-order chi connectivity index (χ0) is 17.8.